The number of carbonyl (C=O) groups excluding carboxylic acids is 2. The second-order valence-corrected chi connectivity index (χ2v) is 9.15. The third kappa shape index (κ3) is 4.74. The topological polar surface area (TPSA) is 74.3 Å². The number of urea groups is 1. The number of nitrogens with one attached hydrogen (secondary N) is 2. The number of carbonyl (C=O) groups is 2. The lowest BCUT2D eigenvalue weighted by atomic mass is 10.1. The number of aromatic nitrogens is 1. The number of nitrogens with zero attached hydrogens (tertiary/aromatic N) is 2. The van der Waals surface area contributed by atoms with Gasteiger partial charge in [0.2, 0.25) is 0 Å². The zero-order valence-electron chi connectivity index (χ0n) is 18.0. The summed E-state index contributed by atoms with van der Waals surface area (Å²) in [5.74, 6) is 0.542. The SMILES string of the molecule is Cc1cc(C)c2c(n1)SCCN2C(=O)Nc1ccc(C(=O)Nc2ccc(C)c(Cl)c2)cc1. The van der Waals surface area contributed by atoms with E-state index >= 15 is 0 Å². The van der Waals surface area contributed by atoms with Crippen molar-refractivity contribution in [1.82, 2.24) is 4.98 Å². The molecule has 4 rings (SSSR count). The number of rotatable bonds is 3. The highest BCUT2D eigenvalue weighted by molar-refractivity contribution is 7.99. The van der Waals surface area contributed by atoms with Crippen LogP contribution in [0.1, 0.15) is 27.2 Å². The third-order valence-corrected chi connectivity index (χ3v) is 6.53. The molecule has 0 radical (unpaired) electrons. The second-order valence-electron chi connectivity index (χ2n) is 7.66. The van der Waals surface area contributed by atoms with Crippen LogP contribution in [0.25, 0.3) is 0 Å². The van der Waals surface area contributed by atoms with Crippen LogP contribution < -0.4 is 15.5 Å². The Kier molecular flexibility index (Phi) is 6.39. The van der Waals surface area contributed by atoms with Gasteiger partial charge in [0.25, 0.3) is 5.91 Å². The fraction of sp³-hybridized carbons (Fsp3) is 0.208. The van der Waals surface area contributed by atoms with E-state index in [1.54, 1.807) is 53.1 Å². The Morgan fingerprint density at radius 3 is 2.41 bits per heavy atom. The molecule has 2 aromatic carbocycles. The van der Waals surface area contributed by atoms with E-state index in [2.05, 4.69) is 15.6 Å². The summed E-state index contributed by atoms with van der Waals surface area (Å²) in [4.78, 5) is 31.8. The van der Waals surface area contributed by atoms with Crippen LogP contribution >= 0.6 is 23.4 Å². The first-order valence-corrected chi connectivity index (χ1v) is 11.6. The van der Waals surface area contributed by atoms with Crippen molar-refractivity contribution >= 4 is 52.4 Å². The Hall–Kier alpha value is -3.03. The van der Waals surface area contributed by atoms with Crippen LogP contribution in [0.15, 0.2) is 53.6 Å². The molecular weight excluding hydrogens is 444 g/mol. The highest BCUT2D eigenvalue weighted by Gasteiger charge is 2.26. The van der Waals surface area contributed by atoms with Crippen LogP contribution in [-0.4, -0.2) is 29.2 Å². The molecule has 3 aromatic rings. The molecule has 0 saturated heterocycles. The number of pyridine rings is 1. The largest absolute Gasteiger partial charge is 0.326 e. The van der Waals surface area contributed by atoms with Crippen molar-refractivity contribution in [1.29, 1.82) is 0 Å². The van der Waals surface area contributed by atoms with Crippen molar-refractivity contribution in [3.8, 4) is 0 Å². The number of anilines is 3. The van der Waals surface area contributed by atoms with E-state index in [-0.39, 0.29) is 11.9 Å². The summed E-state index contributed by atoms with van der Waals surface area (Å²) < 4.78 is 0. The molecule has 3 amide bonds. The van der Waals surface area contributed by atoms with Crippen LogP contribution in [0.5, 0.6) is 0 Å². The van der Waals surface area contributed by atoms with Crippen molar-refractivity contribution in [2.45, 2.75) is 25.8 Å². The van der Waals surface area contributed by atoms with Gasteiger partial charge in [-0.2, -0.15) is 0 Å². The Morgan fingerprint density at radius 2 is 1.69 bits per heavy atom. The van der Waals surface area contributed by atoms with Gasteiger partial charge in [-0.05, 0) is 74.4 Å². The fourth-order valence-corrected chi connectivity index (χ4v) is 4.81. The van der Waals surface area contributed by atoms with E-state index in [4.69, 9.17) is 11.6 Å². The molecule has 0 fully saturated rings. The van der Waals surface area contributed by atoms with E-state index in [1.807, 2.05) is 32.9 Å². The number of benzene rings is 2. The molecule has 0 saturated carbocycles. The Labute approximate surface area is 196 Å². The summed E-state index contributed by atoms with van der Waals surface area (Å²) in [6.07, 6.45) is 0. The van der Waals surface area contributed by atoms with Gasteiger partial charge in [0.05, 0.1) is 5.69 Å². The second kappa shape index (κ2) is 9.22. The summed E-state index contributed by atoms with van der Waals surface area (Å²) in [6, 6.07) is 13.9. The Balaban J connectivity index is 1.45. The molecule has 1 aliphatic heterocycles. The maximum atomic E-state index is 13.0. The quantitative estimate of drug-likeness (QED) is 0.492. The first kappa shape index (κ1) is 22.2. The molecule has 0 aliphatic carbocycles. The highest BCUT2D eigenvalue weighted by atomic mass is 35.5. The van der Waals surface area contributed by atoms with Crippen LogP contribution in [-0.2, 0) is 0 Å². The van der Waals surface area contributed by atoms with E-state index in [1.165, 1.54) is 0 Å². The number of halogens is 1. The van der Waals surface area contributed by atoms with Gasteiger partial charge in [-0.1, -0.05) is 17.7 Å². The van der Waals surface area contributed by atoms with E-state index in [9.17, 15) is 9.59 Å². The van der Waals surface area contributed by atoms with Crippen molar-refractivity contribution in [3.05, 3.63) is 75.9 Å². The first-order chi connectivity index (χ1) is 15.3. The number of hydrogen-bond donors (Lipinski definition) is 2. The van der Waals surface area contributed by atoms with Crippen LogP contribution in [0.4, 0.5) is 21.9 Å². The molecule has 2 heterocycles. The summed E-state index contributed by atoms with van der Waals surface area (Å²) in [7, 11) is 0. The maximum Gasteiger partial charge on any atom is 0.326 e. The third-order valence-electron chi connectivity index (χ3n) is 5.18. The summed E-state index contributed by atoms with van der Waals surface area (Å²) in [5.41, 5.74) is 5.50. The minimum atomic E-state index is -0.248. The van der Waals surface area contributed by atoms with Crippen molar-refractivity contribution < 1.29 is 9.59 Å². The number of aryl methyl sites for hydroxylation is 3. The fourth-order valence-electron chi connectivity index (χ4n) is 3.54. The molecule has 0 unspecified atom stereocenters. The lowest BCUT2D eigenvalue weighted by Gasteiger charge is -2.30. The minimum absolute atomic E-state index is 0.216. The van der Waals surface area contributed by atoms with Crippen molar-refractivity contribution in [2.24, 2.45) is 0 Å². The number of amides is 3. The summed E-state index contributed by atoms with van der Waals surface area (Å²) >= 11 is 7.79. The highest BCUT2D eigenvalue weighted by Crippen LogP contribution is 2.36. The molecule has 2 N–H and O–H groups in total. The van der Waals surface area contributed by atoms with Gasteiger partial charge >= 0.3 is 6.03 Å². The van der Waals surface area contributed by atoms with E-state index < -0.39 is 0 Å². The van der Waals surface area contributed by atoms with Gasteiger partial charge in [0, 0.05) is 40.0 Å². The molecular formula is C24H23ClN4O2S. The average molecular weight is 467 g/mol. The minimum Gasteiger partial charge on any atom is -0.322 e. The molecule has 0 atom stereocenters. The van der Waals surface area contributed by atoms with Gasteiger partial charge in [-0.15, -0.1) is 11.8 Å². The smallest absolute Gasteiger partial charge is 0.322 e. The normalized spacial score (nSPS) is 12.8. The van der Waals surface area contributed by atoms with Crippen LogP contribution in [0, 0.1) is 20.8 Å². The van der Waals surface area contributed by atoms with Gasteiger partial charge in [-0.3, -0.25) is 9.69 Å². The number of hydrogen-bond acceptors (Lipinski definition) is 4. The standard InChI is InChI=1S/C24H23ClN4O2S/c1-14-4-7-19(13-20(14)25)27-22(30)17-5-8-18(9-6-17)28-24(31)29-10-11-32-23-21(29)15(2)12-16(3)26-23/h4-9,12-13H,10-11H2,1-3H3,(H,27,30)(H,28,31). The first-order valence-electron chi connectivity index (χ1n) is 10.2. The zero-order valence-corrected chi connectivity index (χ0v) is 19.6. The molecule has 1 aromatic heterocycles. The molecule has 0 bridgehead atoms. The van der Waals surface area contributed by atoms with Crippen molar-refractivity contribution in [2.75, 3.05) is 27.8 Å². The molecule has 6 nitrogen and oxygen atoms in total. The molecule has 164 valence electrons. The van der Waals surface area contributed by atoms with Crippen molar-refractivity contribution in [3.63, 3.8) is 0 Å². The molecule has 1 aliphatic rings. The van der Waals surface area contributed by atoms with Crippen LogP contribution in [0.2, 0.25) is 5.02 Å². The van der Waals surface area contributed by atoms with Gasteiger partial charge < -0.3 is 10.6 Å². The Morgan fingerprint density at radius 1 is 0.969 bits per heavy atom. The van der Waals surface area contributed by atoms with E-state index in [0.29, 0.717) is 28.5 Å². The Bertz CT molecular complexity index is 1200. The lowest BCUT2D eigenvalue weighted by molar-refractivity contribution is 0.102. The molecule has 0 spiro atoms. The predicted molar refractivity (Wildman–Crippen MR) is 131 cm³/mol. The van der Waals surface area contributed by atoms with Gasteiger partial charge in [0.15, 0.2) is 0 Å². The molecule has 32 heavy (non-hydrogen) atoms. The number of fused-ring (bicyclic) bond motifs is 1. The van der Waals surface area contributed by atoms with E-state index in [0.717, 1.165) is 33.3 Å². The average Bonchev–Trinajstić information content (AvgIpc) is 2.76. The lowest BCUT2D eigenvalue weighted by Crippen LogP contribution is -2.39. The summed E-state index contributed by atoms with van der Waals surface area (Å²) in [5, 5.41) is 7.23. The maximum absolute atomic E-state index is 13.0. The summed E-state index contributed by atoms with van der Waals surface area (Å²) in [6.45, 7) is 6.46. The van der Waals surface area contributed by atoms with Gasteiger partial charge in [-0.25, -0.2) is 9.78 Å². The monoisotopic (exact) mass is 466 g/mol. The number of thioether (sulfide) groups is 1. The van der Waals surface area contributed by atoms with Gasteiger partial charge in [0.1, 0.15) is 5.03 Å². The molecule has 8 heteroatoms. The zero-order chi connectivity index (χ0) is 22.8. The predicted octanol–water partition coefficient (Wildman–Crippen LogP) is 6.06. The van der Waals surface area contributed by atoms with Crippen LogP contribution in [0.3, 0.4) is 0 Å².